The molecule has 0 aromatic heterocycles. The number of allylic oxidation sites excluding steroid dienone is 1. The van der Waals surface area contributed by atoms with Crippen molar-refractivity contribution < 1.29 is 8.95 Å². The molecule has 0 heterocycles. The molecule has 2 rings (SSSR count). The average molecular weight is 264 g/mol. The number of rotatable bonds is 5. The van der Waals surface area contributed by atoms with Crippen molar-refractivity contribution in [3.05, 3.63) is 42.0 Å². The summed E-state index contributed by atoms with van der Waals surface area (Å²) in [6, 6.07) is 9.69. The van der Waals surface area contributed by atoms with Gasteiger partial charge < -0.3 is 4.74 Å². The van der Waals surface area contributed by atoms with Gasteiger partial charge in [-0.25, -0.2) is 0 Å². The van der Waals surface area contributed by atoms with Gasteiger partial charge in [-0.3, -0.25) is 4.21 Å². The van der Waals surface area contributed by atoms with Crippen LogP contribution >= 0.6 is 0 Å². The van der Waals surface area contributed by atoms with Crippen LogP contribution in [-0.2, 0) is 15.5 Å². The molecule has 1 aliphatic rings. The third-order valence-corrected chi connectivity index (χ3v) is 4.98. The maximum Gasteiger partial charge on any atom is 0.0837 e. The van der Waals surface area contributed by atoms with Crippen molar-refractivity contribution >= 4 is 10.8 Å². The molecular formula is C15H20O2S. The summed E-state index contributed by atoms with van der Waals surface area (Å²) in [6.07, 6.45) is 6.89. The predicted molar refractivity (Wildman–Crippen MR) is 75.1 cm³/mol. The van der Waals surface area contributed by atoms with E-state index >= 15 is 0 Å². The normalized spacial score (nSPS) is 19.1. The summed E-state index contributed by atoms with van der Waals surface area (Å²) in [7, 11) is 0.667. The van der Waals surface area contributed by atoms with E-state index < -0.39 is 10.8 Å². The molecule has 1 aliphatic carbocycles. The lowest BCUT2D eigenvalue weighted by molar-refractivity contribution is 0.203. The Hall–Kier alpha value is -0.930. The lowest BCUT2D eigenvalue weighted by atomic mass is 9.97. The summed E-state index contributed by atoms with van der Waals surface area (Å²) < 4.78 is 17.9. The van der Waals surface area contributed by atoms with Crippen LogP contribution in [0.15, 0.2) is 46.9 Å². The lowest BCUT2D eigenvalue weighted by Gasteiger charge is -2.22. The van der Waals surface area contributed by atoms with Crippen molar-refractivity contribution in [2.45, 2.75) is 35.8 Å². The molecule has 0 aliphatic heterocycles. The maximum absolute atomic E-state index is 12.6. The maximum atomic E-state index is 12.6. The van der Waals surface area contributed by atoms with E-state index in [0.717, 1.165) is 17.7 Å². The third kappa shape index (κ3) is 3.30. The van der Waals surface area contributed by atoms with Gasteiger partial charge in [-0.05, 0) is 37.8 Å². The fraction of sp³-hybridized carbons (Fsp3) is 0.467. The first-order valence-electron chi connectivity index (χ1n) is 6.46. The topological polar surface area (TPSA) is 26.3 Å². The summed E-state index contributed by atoms with van der Waals surface area (Å²) in [4.78, 5) is 0.894. The zero-order chi connectivity index (χ0) is 12.8. The summed E-state index contributed by atoms with van der Waals surface area (Å²) in [5.41, 5.74) is 1.31. The van der Waals surface area contributed by atoms with E-state index in [0.29, 0.717) is 6.61 Å². The molecule has 0 N–H and O–H groups in total. The van der Waals surface area contributed by atoms with E-state index in [1.165, 1.54) is 18.4 Å². The van der Waals surface area contributed by atoms with Crippen molar-refractivity contribution in [2.24, 2.45) is 0 Å². The Labute approximate surface area is 112 Å². The van der Waals surface area contributed by atoms with Gasteiger partial charge in [-0.15, -0.1) is 0 Å². The van der Waals surface area contributed by atoms with Crippen LogP contribution in [0.5, 0.6) is 0 Å². The highest BCUT2D eigenvalue weighted by molar-refractivity contribution is 7.86. The molecule has 0 spiro atoms. The zero-order valence-electron chi connectivity index (χ0n) is 10.8. The smallest absolute Gasteiger partial charge is 0.0837 e. The van der Waals surface area contributed by atoms with Gasteiger partial charge in [0.1, 0.15) is 0 Å². The van der Waals surface area contributed by atoms with Crippen molar-refractivity contribution in [2.75, 3.05) is 13.7 Å². The van der Waals surface area contributed by atoms with Crippen molar-refractivity contribution in [1.29, 1.82) is 0 Å². The average Bonchev–Trinajstić information content (AvgIpc) is 2.46. The molecule has 0 fully saturated rings. The van der Waals surface area contributed by atoms with Crippen LogP contribution in [0.25, 0.3) is 0 Å². The van der Waals surface area contributed by atoms with E-state index in [2.05, 4.69) is 6.08 Å². The van der Waals surface area contributed by atoms with Crippen LogP contribution in [0.3, 0.4) is 0 Å². The molecule has 1 aromatic rings. The predicted octanol–water partition coefficient (Wildman–Crippen LogP) is 3.31. The van der Waals surface area contributed by atoms with Gasteiger partial charge in [0.25, 0.3) is 0 Å². The summed E-state index contributed by atoms with van der Waals surface area (Å²) in [5.74, 6) is 0. The number of ether oxygens (including phenoxy) is 1. The van der Waals surface area contributed by atoms with Gasteiger partial charge >= 0.3 is 0 Å². The van der Waals surface area contributed by atoms with E-state index in [1.807, 2.05) is 30.3 Å². The Balaban J connectivity index is 2.19. The highest BCUT2D eigenvalue weighted by atomic mass is 32.2. The first-order chi connectivity index (χ1) is 8.83. The van der Waals surface area contributed by atoms with Crippen molar-refractivity contribution in [3.8, 4) is 0 Å². The van der Waals surface area contributed by atoms with Crippen LogP contribution in [0.4, 0.5) is 0 Å². The number of methoxy groups -OCH3 is 1. The highest BCUT2D eigenvalue weighted by Gasteiger charge is 2.23. The summed E-state index contributed by atoms with van der Waals surface area (Å²) >= 11 is 0. The Bertz CT molecular complexity index is 425. The first-order valence-corrected chi connectivity index (χ1v) is 7.67. The molecule has 18 heavy (non-hydrogen) atoms. The second-order valence-corrected chi connectivity index (χ2v) is 6.21. The molecule has 2 nitrogen and oxygen atoms in total. The molecular weight excluding hydrogens is 244 g/mol. The third-order valence-electron chi connectivity index (χ3n) is 3.29. The number of hydrogen-bond acceptors (Lipinski definition) is 2. The minimum absolute atomic E-state index is 0.0118. The SMILES string of the molecule is COCC(C1=CCCCC1)S(=O)c1ccccc1. The van der Waals surface area contributed by atoms with Crippen LogP contribution in [0.1, 0.15) is 25.7 Å². The van der Waals surface area contributed by atoms with Gasteiger partial charge in [0, 0.05) is 12.0 Å². The molecule has 0 saturated carbocycles. The van der Waals surface area contributed by atoms with Gasteiger partial charge in [0.05, 0.1) is 22.7 Å². The van der Waals surface area contributed by atoms with E-state index in [9.17, 15) is 4.21 Å². The van der Waals surface area contributed by atoms with Crippen LogP contribution in [0, 0.1) is 0 Å². The van der Waals surface area contributed by atoms with Gasteiger partial charge in [0.2, 0.25) is 0 Å². The van der Waals surface area contributed by atoms with E-state index in [4.69, 9.17) is 4.74 Å². The second-order valence-electron chi connectivity index (χ2n) is 4.58. The number of benzene rings is 1. The van der Waals surface area contributed by atoms with Crippen LogP contribution < -0.4 is 0 Å². The first kappa shape index (κ1) is 13.5. The van der Waals surface area contributed by atoms with Crippen LogP contribution in [0.2, 0.25) is 0 Å². The van der Waals surface area contributed by atoms with Crippen molar-refractivity contribution in [1.82, 2.24) is 0 Å². The Morgan fingerprint density at radius 3 is 2.67 bits per heavy atom. The van der Waals surface area contributed by atoms with Gasteiger partial charge in [-0.1, -0.05) is 29.8 Å². The Morgan fingerprint density at radius 2 is 2.06 bits per heavy atom. The molecule has 3 heteroatoms. The zero-order valence-corrected chi connectivity index (χ0v) is 11.6. The van der Waals surface area contributed by atoms with Crippen molar-refractivity contribution in [3.63, 3.8) is 0 Å². The fourth-order valence-corrected chi connectivity index (χ4v) is 3.83. The minimum atomic E-state index is -1.01. The highest BCUT2D eigenvalue weighted by Crippen LogP contribution is 2.26. The van der Waals surface area contributed by atoms with Gasteiger partial charge in [-0.2, -0.15) is 0 Å². The van der Waals surface area contributed by atoms with Gasteiger partial charge in [0.15, 0.2) is 0 Å². The quantitative estimate of drug-likeness (QED) is 0.763. The molecule has 2 atom stereocenters. The van der Waals surface area contributed by atoms with Crippen LogP contribution in [-0.4, -0.2) is 23.2 Å². The lowest BCUT2D eigenvalue weighted by Crippen LogP contribution is -2.24. The van der Waals surface area contributed by atoms with E-state index in [-0.39, 0.29) is 5.25 Å². The molecule has 0 radical (unpaired) electrons. The molecule has 2 unspecified atom stereocenters. The molecule has 1 aromatic carbocycles. The number of hydrogen-bond donors (Lipinski definition) is 0. The monoisotopic (exact) mass is 264 g/mol. The minimum Gasteiger partial charge on any atom is -0.383 e. The van der Waals surface area contributed by atoms with E-state index in [1.54, 1.807) is 7.11 Å². The molecule has 0 bridgehead atoms. The Morgan fingerprint density at radius 1 is 1.28 bits per heavy atom. The molecule has 98 valence electrons. The second kappa shape index (κ2) is 6.86. The standard InChI is InChI=1S/C15H20O2S/c1-17-12-15(13-8-4-2-5-9-13)18(16)14-10-6-3-7-11-14/h3,6-8,10-11,15H,2,4-5,9,12H2,1H3. The largest absolute Gasteiger partial charge is 0.383 e. The fourth-order valence-electron chi connectivity index (χ4n) is 2.33. The molecule has 0 amide bonds. The summed E-state index contributed by atoms with van der Waals surface area (Å²) in [5, 5.41) is 0.0118. The summed E-state index contributed by atoms with van der Waals surface area (Å²) in [6.45, 7) is 0.535. The molecule has 0 saturated heterocycles. The Kier molecular flexibility index (Phi) is 5.14.